The molecule has 2 heterocycles. The fourth-order valence-electron chi connectivity index (χ4n) is 11.3. The highest BCUT2D eigenvalue weighted by Crippen LogP contribution is 2.60. The number of thiazole rings is 1. The lowest BCUT2D eigenvalue weighted by Gasteiger charge is -2.66. The number of ether oxygens (including phenoxy) is 2. The molecule has 16 nitrogen and oxygen atoms in total. The van der Waals surface area contributed by atoms with Gasteiger partial charge in [-0.2, -0.15) is 5.26 Å². The van der Waals surface area contributed by atoms with Crippen LogP contribution in [-0.4, -0.2) is 113 Å². The molecule has 400 valence electrons. The van der Waals surface area contributed by atoms with Crippen molar-refractivity contribution < 1.29 is 39.2 Å². The number of nitrogens with one attached hydrogen (secondary N) is 3. The second-order valence-corrected chi connectivity index (χ2v) is 24.7. The van der Waals surface area contributed by atoms with Crippen LogP contribution in [0.15, 0.2) is 72.2 Å². The second-order valence-electron chi connectivity index (χ2n) is 22.7. The highest BCUT2D eigenvalue weighted by Gasteiger charge is 2.69. The highest BCUT2D eigenvalue weighted by atomic mass is 127. The number of aliphatic hydroxyl groups is 3. The zero-order chi connectivity index (χ0) is 53.9. The molecule has 1 aromatic heterocycles. The van der Waals surface area contributed by atoms with Crippen molar-refractivity contribution in [1.82, 2.24) is 20.5 Å². The number of carbonyl (C=O) groups is 3. The molecule has 74 heavy (non-hydrogen) atoms. The summed E-state index contributed by atoms with van der Waals surface area (Å²) < 4.78 is 13.3. The lowest BCUT2D eigenvalue weighted by Crippen LogP contribution is -2.76. The van der Waals surface area contributed by atoms with Gasteiger partial charge in [0.2, 0.25) is 17.7 Å². The third-order valence-electron chi connectivity index (χ3n) is 15.3. The summed E-state index contributed by atoms with van der Waals surface area (Å²) in [6.07, 6.45) is -0.0824. The lowest BCUT2D eigenvalue weighted by atomic mass is 9.48. The molecule has 1 aliphatic heterocycles. The Hall–Kier alpha value is -4.72. The van der Waals surface area contributed by atoms with E-state index >= 15 is 0 Å². The molecule has 1 saturated heterocycles. The molecule has 3 aliphatic rings. The molecule has 0 bridgehead atoms. The van der Waals surface area contributed by atoms with Gasteiger partial charge in [0.15, 0.2) is 0 Å². The molecule has 7 rings (SSSR count). The van der Waals surface area contributed by atoms with E-state index in [-0.39, 0.29) is 49.7 Å². The van der Waals surface area contributed by atoms with Crippen LogP contribution in [0, 0.1) is 49.4 Å². The zero-order valence-corrected chi connectivity index (χ0v) is 47.1. The number of carbonyl (C=O) groups excluding carboxylic acids is 3. The number of aliphatic hydroxyl groups excluding tert-OH is 3. The standard InChI is InChI=1S/C56H75IN8O8S/c1-33(35-13-15-36(16-14-35)45-34(2)61-32-74-45)62-47(68)41-29-64(30-43(41)66)48(69)46(53(3,4)5)63-44(67)31-72-26-12-10-11-25-60-38-18-20-39(21-19-38)65(52(71)56(23-24-56)51(59)70)49-54(6,7)50(55(49,8)9)73-40-22-17-37(28-58)42(57)27-40/h13-22,27,32-33,41,43-44,46,48-50,60,63,66-67,69H,10-12,23-26,29-31H2,1-9H3,(H2,59,70)(H,62,68)/t33-,41-,43-,44?,46+,48-,49?,50?/m0/s1. The normalized spacial score (nSPS) is 22.3. The van der Waals surface area contributed by atoms with Crippen molar-refractivity contribution in [2.75, 3.05) is 43.1 Å². The first kappa shape index (κ1) is 57.0. The highest BCUT2D eigenvalue weighted by molar-refractivity contribution is 14.1. The van der Waals surface area contributed by atoms with Crippen molar-refractivity contribution in [2.24, 2.45) is 33.3 Å². The summed E-state index contributed by atoms with van der Waals surface area (Å²) >= 11 is 3.72. The topological polar surface area (TPSA) is 236 Å². The number of nitrogens with two attached hydrogens (primary N) is 1. The summed E-state index contributed by atoms with van der Waals surface area (Å²) in [4.78, 5) is 49.6. The molecule has 6 atom stereocenters. The van der Waals surface area contributed by atoms with E-state index < -0.39 is 58.1 Å². The number of amides is 3. The van der Waals surface area contributed by atoms with Gasteiger partial charge in [0, 0.05) is 52.0 Å². The monoisotopic (exact) mass is 1150 g/mol. The van der Waals surface area contributed by atoms with E-state index in [1.54, 1.807) is 33.3 Å². The maximum atomic E-state index is 14.5. The number of nitrogens with zero attached hydrogens (tertiary/aromatic N) is 4. The number of β-amino-alcohol motifs (C(OH)–C–C–N with tert-alkyl or cyclic N) is 1. The number of aromatic nitrogens is 1. The molecular formula is C56H75IN8O8S. The van der Waals surface area contributed by atoms with Crippen LogP contribution in [0.4, 0.5) is 11.4 Å². The molecule has 8 N–H and O–H groups in total. The molecule has 0 spiro atoms. The Morgan fingerprint density at radius 3 is 2.26 bits per heavy atom. The number of aryl methyl sites for hydroxylation is 1. The number of primary amides is 1. The summed E-state index contributed by atoms with van der Waals surface area (Å²) in [6.45, 7) is 19.5. The summed E-state index contributed by atoms with van der Waals surface area (Å²) in [5, 5.41) is 52.8. The molecule has 3 aromatic carbocycles. The Labute approximate surface area is 453 Å². The zero-order valence-electron chi connectivity index (χ0n) is 44.2. The van der Waals surface area contributed by atoms with Crippen molar-refractivity contribution in [3.8, 4) is 22.3 Å². The van der Waals surface area contributed by atoms with E-state index in [1.165, 1.54) is 0 Å². The van der Waals surface area contributed by atoms with E-state index in [1.807, 2.05) is 94.7 Å². The van der Waals surface area contributed by atoms with Gasteiger partial charge in [-0.3, -0.25) is 24.6 Å². The number of rotatable bonds is 23. The van der Waals surface area contributed by atoms with Crippen LogP contribution < -0.4 is 31.3 Å². The molecule has 4 aromatic rings. The summed E-state index contributed by atoms with van der Waals surface area (Å²) in [5.74, 6) is -1.27. The van der Waals surface area contributed by atoms with Crippen LogP contribution in [0.3, 0.4) is 0 Å². The van der Waals surface area contributed by atoms with Crippen LogP contribution in [0.5, 0.6) is 5.75 Å². The number of hydrogen-bond acceptors (Lipinski definition) is 14. The molecule has 1 unspecified atom stereocenters. The molecule has 3 fully saturated rings. The Morgan fingerprint density at radius 1 is 1.00 bits per heavy atom. The maximum absolute atomic E-state index is 14.5. The van der Waals surface area contributed by atoms with Gasteiger partial charge >= 0.3 is 0 Å². The minimum atomic E-state index is -1.23. The predicted octanol–water partition coefficient (Wildman–Crippen LogP) is 7.49. The van der Waals surface area contributed by atoms with Gasteiger partial charge in [0.05, 0.1) is 58.4 Å². The van der Waals surface area contributed by atoms with Gasteiger partial charge in [-0.1, -0.05) is 72.7 Å². The fourth-order valence-corrected chi connectivity index (χ4v) is 12.7. The molecule has 0 radical (unpaired) electrons. The Balaban J connectivity index is 0.846. The van der Waals surface area contributed by atoms with Crippen molar-refractivity contribution in [3.05, 3.63) is 92.6 Å². The number of likely N-dealkylation sites (tertiary alicyclic amines) is 1. The predicted molar refractivity (Wildman–Crippen MR) is 296 cm³/mol. The quantitative estimate of drug-likeness (QED) is 0.0165. The number of anilines is 2. The van der Waals surface area contributed by atoms with Gasteiger partial charge in [-0.15, -0.1) is 11.3 Å². The Kier molecular flexibility index (Phi) is 17.9. The van der Waals surface area contributed by atoms with Crippen molar-refractivity contribution >= 4 is 63.0 Å². The second kappa shape index (κ2) is 23.3. The van der Waals surface area contributed by atoms with Crippen molar-refractivity contribution in [1.29, 1.82) is 5.26 Å². The van der Waals surface area contributed by atoms with E-state index in [4.69, 9.17) is 15.2 Å². The minimum absolute atomic E-state index is 0.0137. The van der Waals surface area contributed by atoms with Gasteiger partial charge < -0.3 is 46.1 Å². The molecule has 18 heteroatoms. The number of unbranched alkanes of at least 4 members (excludes halogenated alkanes) is 2. The van der Waals surface area contributed by atoms with Gasteiger partial charge in [0.1, 0.15) is 35.8 Å². The summed E-state index contributed by atoms with van der Waals surface area (Å²) in [6, 6.07) is 22.1. The van der Waals surface area contributed by atoms with Crippen LogP contribution >= 0.6 is 33.9 Å². The minimum Gasteiger partial charge on any atom is -0.489 e. The third kappa shape index (κ3) is 12.4. The number of nitriles is 1. The van der Waals surface area contributed by atoms with Gasteiger partial charge in [-0.05, 0) is 128 Å². The Bertz CT molecular complexity index is 2630. The average molecular weight is 1150 g/mol. The Morgan fingerprint density at radius 2 is 1.68 bits per heavy atom. The van der Waals surface area contributed by atoms with Gasteiger partial charge in [0.25, 0.3) is 0 Å². The van der Waals surface area contributed by atoms with E-state index in [0.717, 1.165) is 50.2 Å². The first-order chi connectivity index (χ1) is 34.9. The lowest BCUT2D eigenvalue weighted by molar-refractivity contribution is -0.164. The van der Waals surface area contributed by atoms with E-state index in [2.05, 4.69) is 77.3 Å². The maximum Gasteiger partial charge on any atom is 0.242 e. The third-order valence-corrected chi connectivity index (χ3v) is 17.2. The van der Waals surface area contributed by atoms with Crippen LogP contribution in [-0.2, 0) is 19.1 Å². The van der Waals surface area contributed by atoms with Crippen molar-refractivity contribution in [2.45, 2.75) is 137 Å². The van der Waals surface area contributed by atoms with E-state index in [0.29, 0.717) is 43.0 Å². The average Bonchev–Trinajstić information content (AvgIpc) is 3.92. The smallest absolute Gasteiger partial charge is 0.242 e. The van der Waals surface area contributed by atoms with Crippen LogP contribution in [0.2, 0.25) is 0 Å². The molecule has 2 aliphatic carbocycles. The molecule has 3 amide bonds. The van der Waals surface area contributed by atoms with Crippen LogP contribution in [0.25, 0.3) is 10.4 Å². The van der Waals surface area contributed by atoms with Crippen molar-refractivity contribution in [3.63, 3.8) is 0 Å². The number of halogens is 1. The van der Waals surface area contributed by atoms with Crippen LogP contribution in [0.1, 0.15) is 110 Å². The molecular weight excluding hydrogens is 1070 g/mol. The number of hydrogen-bond donors (Lipinski definition) is 7. The van der Waals surface area contributed by atoms with E-state index in [9.17, 15) is 35.0 Å². The first-order valence-electron chi connectivity index (χ1n) is 25.7. The fraction of sp³-hybridized carbons (Fsp3) is 0.554. The summed E-state index contributed by atoms with van der Waals surface area (Å²) in [7, 11) is 0. The largest absolute Gasteiger partial charge is 0.489 e. The SMILES string of the molecule is Cc1ncsc1-c1ccc([C@H](C)NC(=O)[C@H]2CN([C@@H](O)[C@@H](NC(O)COCCCCCNc3ccc(N(C(=O)C4(C(N)=O)CC4)C4C(C)(C)C(Oc5ccc(C#N)c(I)c5)C4(C)C)cc3)C(C)(C)C)C[C@@H]2O)cc1. The first-order valence-corrected chi connectivity index (χ1v) is 27.6. The van der Waals surface area contributed by atoms with Gasteiger partial charge in [-0.25, -0.2) is 4.98 Å². The molecule has 2 saturated carbocycles. The number of benzene rings is 3. The summed E-state index contributed by atoms with van der Waals surface area (Å²) in [5.41, 5.74) is 10.0.